The monoisotopic (exact) mass is 332 g/mol. The lowest BCUT2D eigenvalue weighted by Gasteiger charge is -2.17. The van der Waals surface area contributed by atoms with E-state index < -0.39 is 15.5 Å². The fraction of sp³-hybridized carbons (Fsp3) is 0.389. The first-order chi connectivity index (χ1) is 10.7. The maximum Gasteiger partial charge on any atom is 0.329 e. The molecule has 1 atom stereocenters. The van der Waals surface area contributed by atoms with E-state index in [2.05, 4.69) is 26.0 Å². The van der Waals surface area contributed by atoms with Crippen LogP contribution in [-0.4, -0.2) is 28.6 Å². The quantitative estimate of drug-likeness (QED) is 0.686. The van der Waals surface area contributed by atoms with Crippen LogP contribution in [-0.2, 0) is 15.5 Å². The molecule has 2 aromatic carbocycles. The molecule has 0 fully saturated rings. The summed E-state index contributed by atoms with van der Waals surface area (Å²) in [5, 5.41) is 1.31. The molecule has 1 N–H and O–H groups in total. The zero-order chi connectivity index (χ0) is 17.0. The van der Waals surface area contributed by atoms with Crippen molar-refractivity contribution in [2.45, 2.75) is 44.9 Å². The van der Waals surface area contributed by atoms with Gasteiger partial charge < -0.3 is 0 Å². The zero-order valence-electron chi connectivity index (χ0n) is 13.9. The first kappa shape index (κ1) is 16.1. The van der Waals surface area contributed by atoms with Crippen LogP contribution in [0.15, 0.2) is 36.4 Å². The minimum Gasteiger partial charge on any atom is -0.280 e. The van der Waals surface area contributed by atoms with Crippen LogP contribution in [0.3, 0.4) is 0 Å². The first-order valence-corrected chi connectivity index (χ1v) is 9.31. The average molecular weight is 332 g/mol. The van der Waals surface area contributed by atoms with E-state index in [0.29, 0.717) is 6.42 Å². The minimum atomic E-state index is -4.17. The molecule has 1 aliphatic heterocycles. The van der Waals surface area contributed by atoms with E-state index in [-0.39, 0.29) is 5.41 Å². The minimum absolute atomic E-state index is 0.297. The summed E-state index contributed by atoms with van der Waals surface area (Å²) in [6, 6.07) is 12.1. The van der Waals surface area contributed by atoms with E-state index >= 15 is 0 Å². The highest BCUT2D eigenvalue weighted by atomic mass is 32.2. The van der Waals surface area contributed by atoms with Crippen LogP contribution in [0.2, 0.25) is 0 Å². The van der Waals surface area contributed by atoms with Gasteiger partial charge in [-0.1, -0.05) is 31.2 Å². The molecule has 2 aromatic rings. The number of rotatable bonds is 3. The average Bonchev–Trinajstić information content (AvgIpc) is 2.68. The number of benzene rings is 2. The van der Waals surface area contributed by atoms with Gasteiger partial charge in [0.1, 0.15) is 0 Å². The summed E-state index contributed by atoms with van der Waals surface area (Å²) in [5.74, 6) is 0. The van der Waals surface area contributed by atoms with Gasteiger partial charge in [0.05, 0.1) is 5.41 Å². The lowest BCUT2D eigenvalue weighted by Crippen LogP contribution is -2.35. The van der Waals surface area contributed by atoms with Gasteiger partial charge >= 0.3 is 10.1 Å². The number of nitrogens with zero attached hydrogens (tertiary/aromatic N) is 1. The molecule has 0 radical (unpaired) electrons. The zero-order valence-corrected chi connectivity index (χ0v) is 14.7. The fourth-order valence-electron chi connectivity index (χ4n) is 3.68. The van der Waals surface area contributed by atoms with Gasteiger partial charge in [-0.25, -0.2) is 0 Å². The highest BCUT2D eigenvalue weighted by Crippen LogP contribution is 2.45. The van der Waals surface area contributed by atoms with Gasteiger partial charge in [-0.2, -0.15) is 13.0 Å². The third-order valence-corrected chi connectivity index (χ3v) is 6.27. The molecule has 3 rings (SSSR count). The first-order valence-electron chi connectivity index (χ1n) is 7.81. The van der Waals surface area contributed by atoms with Gasteiger partial charge in [0.25, 0.3) is 5.37 Å². The Morgan fingerprint density at radius 1 is 1.17 bits per heavy atom. The molecule has 1 unspecified atom stereocenters. The number of hydrogen-bond acceptors (Lipinski definition) is 2. The maximum atomic E-state index is 11.9. The Kier molecular flexibility index (Phi) is 3.61. The Morgan fingerprint density at radius 3 is 2.43 bits per heavy atom. The Balaban J connectivity index is 2.38. The molecule has 1 heterocycles. The number of hydrogen-bond donors (Lipinski definition) is 1. The van der Waals surface area contributed by atoms with Gasteiger partial charge in [0.2, 0.25) is 5.69 Å². The van der Waals surface area contributed by atoms with Crippen LogP contribution < -0.4 is 0 Å². The smallest absolute Gasteiger partial charge is 0.280 e. The summed E-state index contributed by atoms with van der Waals surface area (Å²) < 4.78 is 35.2. The molecular weight excluding hydrogens is 310 g/mol. The van der Waals surface area contributed by atoms with Gasteiger partial charge in [0.15, 0.2) is 5.71 Å². The van der Waals surface area contributed by atoms with Gasteiger partial charge in [-0.15, -0.1) is 0 Å². The molecule has 1 aliphatic rings. The lowest BCUT2D eigenvalue weighted by atomic mass is 9.80. The van der Waals surface area contributed by atoms with Crippen LogP contribution in [0, 0.1) is 0 Å². The van der Waals surface area contributed by atoms with Crippen LogP contribution >= 0.6 is 0 Å². The van der Waals surface area contributed by atoms with E-state index in [1.807, 2.05) is 31.2 Å². The predicted octanol–water partition coefficient (Wildman–Crippen LogP) is 3.86. The van der Waals surface area contributed by atoms with Gasteiger partial charge in [-0.3, -0.25) is 4.55 Å². The second kappa shape index (κ2) is 5.14. The molecule has 0 bridgehead atoms. The molecule has 0 aliphatic carbocycles. The third-order valence-electron chi connectivity index (χ3n) is 5.04. The lowest BCUT2D eigenvalue weighted by molar-refractivity contribution is -0.458. The van der Waals surface area contributed by atoms with Crippen molar-refractivity contribution in [1.82, 2.24) is 0 Å². The number of fused-ring (bicyclic) bond motifs is 3. The highest BCUT2D eigenvalue weighted by molar-refractivity contribution is 7.86. The van der Waals surface area contributed by atoms with E-state index in [0.717, 1.165) is 27.7 Å². The normalized spacial score (nSPS) is 18.3. The summed E-state index contributed by atoms with van der Waals surface area (Å²) in [5.41, 5.74) is 2.63. The topological polar surface area (TPSA) is 57.4 Å². The molecule has 0 saturated heterocycles. The SMILES string of the molecule is CCC([N+]1=C(C)C(C)(C)c2c1ccc1ccccc21)S(=O)(=O)O. The van der Waals surface area contributed by atoms with Crippen molar-refractivity contribution in [2.75, 3.05) is 0 Å². The van der Waals surface area contributed by atoms with Crippen molar-refractivity contribution < 1.29 is 17.5 Å². The molecule has 122 valence electrons. The highest BCUT2D eigenvalue weighted by Gasteiger charge is 2.49. The van der Waals surface area contributed by atoms with Crippen molar-refractivity contribution in [1.29, 1.82) is 0 Å². The van der Waals surface area contributed by atoms with Gasteiger partial charge in [-0.05, 0) is 30.7 Å². The van der Waals surface area contributed by atoms with E-state index in [1.165, 1.54) is 0 Å². The molecule has 4 nitrogen and oxygen atoms in total. The summed E-state index contributed by atoms with van der Waals surface area (Å²) in [7, 11) is -4.17. The third kappa shape index (κ3) is 2.30. The van der Waals surface area contributed by atoms with Crippen LogP contribution in [0.1, 0.15) is 39.7 Å². The van der Waals surface area contributed by atoms with Crippen molar-refractivity contribution >= 4 is 32.3 Å². The van der Waals surface area contributed by atoms with Crippen molar-refractivity contribution in [3.05, 3.63) is 42.0 Å². The Labute approximate surface area is 137 Å². The van der Waals surface area contributed by atoms with Crippen LogP contribution in [0.4, 0.5) is 5.69 Å². The largest absolute Gasteiger partial charge is 0.329 e. The Morgan fingerprint density at radius 2 is 1.83 bits per heavy atom. The Bertz CT molecular complexity index is 926. The molecule has 0 amide bonds. The maximum absolute atomic E-state index is 11.9. The molecule has 0 aromatic heterocycles. The van der Waals surface area contributed by atoms with Crippen molar-refractivity contribution in [3.63, 3.8) is 0 Å². The fourth-order valence-corrected chi connectivity index (χ4v) is 4.64. The Hall–Kier alpha value is -1.72. The standard InChI is InChI=1S/C18H21NO3S/c1-5-16(23(20,21)22)19-12(2)18(3,4)17-14-9-7-6-8-13(14)10-11-15(17)19/h6-11,16H,5H2,1-4H3/p+1. The van der Waals surface area contributed by atoms with Crippen molar-refractivity contribution in [3.8, 4) is 0 Å². The van der Waals surface area contributed by atoms with Crippen LogP contribution in [0.25, 0.3) is 10.8 Å². The molecule has 0 saturated carbocycles. The van der Waals surface area contributed by atoms with E-state index in [4.69, 9.17) is 0 Å². The summed E-state index contributed by atoms with van der Waals surface area (Å²) >= 11 is 0. The second-order valence-corrected chi connectivity index (χ2v) is 8.21. The van der Waals surface area contributed by atoms with Gasteiger partial charge in [0, 0.05) is 25.0 Å². The molecule has 0 spiro atoms. The summed E-state index contributed by atoms with van der Waals surface area (Å²) in [4.78, 5) is 0. The predicted molar refractivity (Wildman–Crippen MR) is 93.2 cm³/mol. The van der Waals surface area contributed by atoms with Crippen LogP contribution in [0.5, 0.6) is 0 Å². The summed E-state index contributed by atoms with van der Waals surface area (Å²) in [6.07, 6.45) is 0.318. The second-order valence-electron chi connectivity index (χ2n) is 6.64. The van der Waals surface area contributed by atoms with E-state index in [1.54, 1.807) is 11.5 Å². The summed E-state index contributed by atoms with van der Waals surface area (Å²) in [6.45, 7) is 7.93. The van der Waals surface area contributed by atoms with Crippen molar-refractivity contribution in [2.24, 2.45) is 0 Å². The van der Waals surface area contributed by atoms with E-state index in [9.17, 15) is 13.0 Å². The molecular formula is C18H22NO3S+. The molecule has 23 heavy (non-hydrogen) atoms. The molecule has 5 heteroatoms.